The van der Waals surface area contributed by atoms with Crippen molar-refractivity contribution in [3.8, 4) is 0 Å². The first-order chi connectivity index (χ1) is 9.08. The van der Waals surface area contributed by atoms with Crippen LogP contribution >= 0.6 is 0 Å². The molecule has 19 heavy (non-hydrogen) atoms. The molecule has 2 unspecified atom stereocenters. The highest BCUT2D eigenvalue weighted by molar-refractivity contribution is 5.79. The van der Waals surface area contributed by atoms with E-state index in [1.165, 1.54) is 19.2 Å². The van der Waals surface area contributed by atoms with Gasteiger partial charge >= 0.3 is 5.97 Å². The molecular formula is C15H17FO3. The summed E-state index contributed by atoms with van der Waals surface area (Å²) in [6.07, 6.45) is 1.88. The summed E-state index contributed by atoms with van der Waals surface area (Å²) < 4.78 is 23.4. The molecule has 0 heterocycles. The van der Waals surface area contributed by atoms with Gasteiger partial charge < -0.3 is 9.47 Å². The Balaban J connectivity index is 2.39. The molecule has 0 spiro atoms. The minimum atomic E-state index is -0.288. The van der Waals surface area contributed by atoms with Crippen LogP contribution in [0.15, 0.2) is 24.3 Å². The first-order valence-corrected chi connectivity index (χ1v) is 6.18. The van der Waals surface area contributed by atoms with Crippen LogP contribution in [0.2, 0.25) is 0 Å². The summed E-state index contributed by atoms with van der Waals surface area (Å²) in [5, 5.41) is 0. The molecule has 3 nitrogen and oxygen atoms in total. The number of ether oxygens (including phenoxy) is 2. The van der Waals surface area contributed by atoms with Crippen LogP contribution in [0.4, 0.5) is 4.39 Å². The van der Waals surface area contributed by atoms with Crippen molar-refractivity contribution in [3.63, 3.8) is 0 Å². The summed E-state index contributed by atoms with van der Waals surface area (Å²) in [5.41, 5.74) is 2.79. The van der Waals surface area contributed by atoms with E-state index in [1.54, 1.807) is 13.2 Å². The number of hydrogen-bond donors (Lipinski definition) is 0. The van der Waals surface area contributed by atoms with Crippen LogP contribution in [0.1, 0.15) is 30.6 Å². The van der Waals surface area contributed by atoms with Crippen molar-refractivity contribution in [1.82, 2.24) is 0 Å². The molecule has 0 N–H and O–H groups in total. The van der Waals surface area contributed by atoms with Crippen LogP contribution in [0, 0.1) is 11.7 Å². The summed E-state index contributed by atoms with van der Waals surface area (Å²) in [7, 11) is 2.97. The van der Waals surface area contributed by atoms with Crippen molar-refractivity contribution in [3.05, 3.63) is 41.2 Å². The summed E-state index contributed by atoms with van der Waals surface area (Å²) in [5.74, 6) is -0.474. The maximum absolute atomic E-state index is 13.3. The molecule has 0 bridgehead atoms. The Kier molecular flexibility index (Phi) is 4.00. The first-order valence-electron chi connectivity index (χ1n) is 6.18. The van der Waals surface area contributed by atoms with E-state index in [1.807, 2.05) is 13.0 Å². The molecule has 4 heteroatoms. The number of halogens is 1. The maximum Gasteiger partial charge on any atom is 0.309 e. The van der Waals surface area contributed by atoms with E-state index in [0.717, 1.165) is 16.7 Å². The van der Waals surface area contributed by atoms with Crippen molar-refractivity contribution in [2.75, 3.05) is 14.2 Å². The van der Waals surface area contributed by atoms with Crippen molar-refractivity contribution in [2.45, 2.75) is 19.4 Å². The van der Waals surface area contributed by atoms with E-state index < -0.39 is 0 Å². The summed E-state index contributed by atoms with van der Waals surface area (Å²) in [6, 6.07) is 4.66. The Hall–Kier alpha value is -1.68. The molecule has 0 aromatic heterocycles. The van der Waals surface area contributed by atoms with Crippen LogP contribution in [0.25, 0.3) is 5.57 Å². The molecule has 0 saturated carbocycles. The topological polar surface area (TPSA) is 35.5 Å². The molecule has 1 aliphatic carbocycles. The maximum atomic E-state index is 13.3. The largest absolute Gasteiger partial charge is 0.469 e. The van der Waals surface area contributed by atoms with Crippen molar-refractivity contribution in [1.29, 1.82) is 0 Å². The fourth-order valence-electron chi connectivity index (χ4n) is 2.61. The second-order valence-electron chi connectivity index (χ2n) is 4.62. The number of carbonyl (C=O) groups is 1. The number of fused-ring (bicyclic) bond motifs is 1. The molecule has 102 valence electrons. The molecule has 0 amide bonds. The average molecular weight is 264 g/mol. The van der Waals surface area contributed by atoms with E-state index in [0.29, 0.717) is 0 Å². The molecule has 1 aromatic carbocycles. The van der Waals surface area contributed by atoms with Crippen LogP contribution in [0.3, 0.4) is 0 Å². The summed E-state index contributed by atoms with van der Waals surface area (Å²) in [4.78, 5) is 11.2. The quantitative estimate of drug-likeness (QED) is 0.787. The minimum absolute atomic E-state index is 0.0893. The molecule has 2 atom stereocenters. The first kappa shape index (κ1) is 13.7. The lowest BCUT2D eigenvalue weighted by atomic mass is 9.99. The lowest BCUT2D eigenvalue weighted by Gasteiger charge is -2.15. The van der Waals surface area contributed by atoms with Gasteiger partial charge in [-0.15, -0.1) is 0 Å². The van der Waals surface area contributed by atoms with Crippen molar-refractivity contribution >= 4 is 11.5 Å². The molecule has 0 radical (unpaired) electrons. The zero-order chi connectivity index (χ0) is 14.0. The monoisotopic (exact) mass is 264 g/mol. The van der Waals surface area contributed by atoms with E-state index >= 15 is 0 Å². The minimum Gasteiger partial charge on any atom is -0.469 e. The van der Waals surface area contributed by atoms with Crippen molar-refractivity contribution < 1.29 is 18.7 Å². The lowest BCUT2D eigenvalue weighted by Crippen LogP contribution is -2.05. The van der Waals surface area contributed by atoms with Gasteiger partial charge in [-0.05, 0) is 28.8 Å². The average Bonchev–Trinajstić information content (AvgIpc) is 2.66. The molecular weight excluding hydrogens is 247 g/mol. The Labute approximate surface area is 112 Å². The zero-order valence-corrected chi connectivity index (χ0v) is 11.3. The number of hydrogen-bond acceptors (Lipinski definition) is 3. The highest BCUT2D eigenvalue weighted by Gasteiger charge is 2.33. The number of carbonyl (C=O) groups excluding carboxylic acids is 1. The van der Waals surface area contributed by atoms with Gasteiger partial charge in [0.15, 0.2) is 0 Å². The third-order valence-corrected chi connectivity index (χ3v) is 3.55. The highest BCUT2D eigenvalue weighted by atomic mass is 19.1. The normalized spacial score (nSPS) is 23.5. The number of methoxy groups -OCH3 is 2. The molecule has 1 aliphatic rings. The molecule has 0 fully saturated rings. The smallest absolute Gasteiger partial charge is 0.309 e. The third kappa shape index (κ3) is 2.54. The molecule has 2 rings (SSSR count). The second-order valence-corrected chi connectivity index (χ2v) is 4.62. The fourth-order valence-corrected chi connectivity index (χ4v) is 2.61. The molecule has 0 saturated heterocycles. The third-order valence-electron chi connectivity index (χ3n) is 3.55. The zero-order valence-electron chi connectivity index (χ0n) is 11.3. The summed E-state index contributed by atoms with van der Waals surface area (Å²) >= 11 is 0. The van der Waals surface area contributed by atoms with Crippen molar-refractivity contribution in [2.24, 2.45) is 5.92 Å². The van der Waals surface area contributed by atoms with Gasteiger partial charge in [-0.3, -0.25) is 4.79 Å². The van der Waals surface area contributed by atoms with Crippen LogP contribution in [-0.4, -0.2) is 20.2 Å². The Morgan fingerprint density at radius 2 is 2.16 bits per heavy atom. The van der Waals surface area contributed by atoms with Crippen LogP contribution in [0.5, 0.6) is 0 Å². The van der Waals surface area contributed by atoms with Gasteiger partial charge in [0.05, 0.1) is 19.6 Å². The Morgan fingerprint density at radius 3 is 2.79 bits per heavy atom. The van der Waals surface area contributed by atoms with E-state index in [9.17, 15) is 9.18 Å². The van der Waals surface area contributed by atoms with E-state index in [4.69, 9.17) is 4.74 Å². The predicted octanol–water partition coefficient (Wildman–Crippen LogP) is 3.11. The van der Waals surface area contributed by atoms with Gasteiger partial charge in [0, 0.05) is 13.0 Å². The summed E-state index contributed by atoms with van der Waals surface area (Å²) in [6.45, 7) is 2.01. The van der Waals surface area contributed by atoms with Gasteiger partial charge in [-0.2, -0.15) is 0 Å². The number of benzene rings is 1. The van der Waals surface area contributed by atoms with Gasteiger partial charge in [-0.1, -0.05) is 19.1 Å². The standard InChI is InChI=1S/C15H17FO3/c1-9-11(6-7-14(17)18-2)12-5-4-10(16)8-13(12)15(9)19-3/h4-6,8-9,15H,7H2,1-3H3. The Morgan fingerprint density at radius 1 is 1.42 bits per heavy atom. The number of rotatable bonds is 3. The van der Waals surface area contributed by atoms with Gasteiger partial charge in [0.2, 0.25) is 0 Å². The van der Waals surface area contributed by atoms with Crippen LogP contribution in [-0.2, 0) is 14.3 Å². The SMILES string of the molecule is COC(=O)CC=C1c2ccc(F)cc2C(OC)C1C. The molecule has 0 aliphatic heterocycles. The highest BCUT2D eigenvalue weighted by Crippen LogP contribution is 2.46. The van der Waals surface area contributed by atoms with Crippen LogP contribution < -0.4 is 0 Å². The van der Waals surface area contributed by atoms with E-state index in [2.05, 4.69) is 4.74 Å². The second kappa shape index (κ2) is 5.53. The number of esters is 1. The molecule has 1 aromatic rings. The van der Waals surface area contributed by atoms with Gasteiger partial charge in [0.25, 0.3) is 0 Å². The van der Waals surface area contributed by atoms with E-state index in [-0.39, 0.29) is 30.2 Å². The Bertz CT molecular complexity index is 522. The predicted molar refractivity (Wildman–Crippen MR) is 69.9 cm³/mol. The fraction of sp³-hybridized carbons (Fsp3) is 0.400. The van der Waals surface area contributed by atoms with Gasteiger partial charge in [-0.25, -0.2) is 4.39 Å². The van der Waals surface area contributed by atoms with Gasteiger partial charge in [0.1, 0.15) is 5.82 Å². The lowest BCUT2D eigenvalue weighted by molar-refractivity contribution is -0.139.